The maximum Gasteiger partial charge on any atom is 0.134 e. The van der Waals surface area contributed by atoms with E-state index in [1.54, 1.807) is 12.1 Å². The first-order valence-electron chi connectivity index (χ1n) is 4.58. The number of hydrogen-bond acceptors (Lipinski definition) is 2. The standard InChI is InChI=1S/C11H8ClNO/c12-10-3-1-2-8(4-10)9-5-11(14)7-13-6-9/h1-7,14H/i7D. The molecule has 2 aromatic rings. The van der Waals surface area contributed by atoms with Gasteiger partial charge >= 0.3 is 0 Å². The van der Waals surface area contributed by atoms with Crippen LogP contribution in [-0.2, 0) is 0 Å². The van der Waals surface area contributed by atoms with E-state index in [-0.39, 0.29) is 11.9 Å². The topological polar surface area (TPSA) is 33.1 Å². The number of aromatic nitrogens is 1. The van der Waals surface area contributed by atoms with Gasteiger partial charge in [-0.1, -0.05) is 23.7 Å². The van der Waals surface area contributed by atoms with E-state index in [1.165, 1.54) is 12.3 Å². The lowest BCUT2D eigenvalue weighted by Crippen LogP contribution is -1.79. The number of nitrogens with zero attached hydrogens (tertiary/aromatic N) is 1. The molecule has 3 heteroatoms. The van der Waals surface area contributed by atoms with Crippen LogP contribution in [0.3, 0.4) is 0 Å². The number of hydrogen-bond donors (Lipinski definition) is 1. The van der Waals surface area contributed by atoms with Crippen molar-refractivity contribution in [3.8, 4) is 16.9 Å². The van der Waals surface area contributed by atoms with Crippen molar-refractivity contribution in [3.63, 3.8) is 0 Å². The minimum atomic E-state index is -0.132. The third-order valence-corrected chi connectivity index (χ3v) is 2.07. The van der Waals surface area contributed by atoms with Crippen LogP contribution in [-0.4, -0.2) is 10.1 Å². The van der Waals surface area contributed by atoms with Crippen LogP contribution in [0.25, 0.3) is 11.1 Å². The van der Waals surface area contributed by atoms with E-state index in [1.807, 2.05) is 12.1 Å². The molecule has 0 aliphatic carbocycles. The average Bonchev–Trinajstić information content (AvgIpc) is 2.22. The molecule has 1 aromatic heterocycles. The zero-order valence-electron chi connectivity index (χ0n) is 8.24. The molecule has 0 atom stereocenters. The van der Waals surface area contributed by atoms with E-state index in [0.29, 0.717) is 5.02 Å². The normalized spacial score (nSPS) is 11.1. The van der Waals surface area contributed by atoms with Gasteiger partial charge in [-0.3, -0.25) is 4.98 Å². The molecule has 2 nitrogen and oxygen atoms in total. The second-order valence-corrected chi connectivity index (χ2v) is 3.30. The fourth-order valence-electron chi connectivity index (χ4n) is 1.21. The number of benzene rings is 1. The molecule has 0 aliphatic rings. The summed E-state index contributed by atoms with van der Waals surface area (Å²) in [6, 6.07) is 8.75. The minimum absolute atomic E-state index is 0.124. The average molecular weight is 207 g/mol. The molecule has 0 fully saturated rings. The second-order valence-electron chi connectivity index (χ2n) is 2.87. The monoisotopic (exact) mass is 206 g/mol. The van der Waals surface area contributed by atoms with Crippen molar-refractivity contribution in [2.24, 2.45) is 0 Å². The number of rotatable bonds is 1. The van der Waals surface area contributed by atoms with Crippen molar-refractivity contribution in [2.45, 2.75) is 0 Å². The van der Waals surface area contributed by atoms with Gasteiger partial charge in [-0.15, -0.1) is 0 Å². The maximum atomic E-state index is 9.35. The first kappa shape index (κ1) is 7.83. The summed E-state index contributed by atoms with van der Waals surface area (Å²) in [7, 11) is 0. The zero-order chi connectivity index (χ0) is 10.8. The van der Waals surface area contributed by atoms with Crippen molar-refractivity contribution in [2.75, 3.05) is 0 Å². The lowest BCUT2D eigenvalue weighted by molar-refractivity contribution is 0.473. The summed E-state index contributed by atoms with van der Waals surface area (Å²) in [5.41, 5.74) is 1.61. The third-order valence-electron chi connectivity index (χ3n) is 1.83. The Kier molecular flexibility index (Phi) is 2.06. The largest absolute Gasteiger partial charge is 0.506 e. The Morgan fingerprint density at radius 2 is 2.14 bits per heavy atom. The Balaban J connectivity index is 2.50. The number of aromatic hydroxyl groups is 1. The molecule has 1 heterocycles. The Labute approximate surface area is 88.2 Å². The van der Waals surface area contributed by atoms with Crippen molar-refractivity contribution in [3.05, 3.63) is 47.7 Å². The summed E-state index contributed by atoms with van der Waals surface area (Å²) in [6.45, 7) is 0. The van der Waals surface area contributed by atoms with E-state index < -0.39 is 0 Å². The van der Waals surface area contributed by atoms with Gasteiger partial charge in [0.25, 0.3) is 0 Å². The molecule has 0 aliphatic heterocycles. The summed E-state index contributed by atoms with van der Waals surface area (Å²) < 4.78 is 7.23. The van der Waals surface area contributed by atoms with Gasteiger partial charge in [-0.2, -0.15) is 0 Å². The van der Waals surface area contributed by atoms with E-state index in [9.17, 15) is 5.11 Å². The Morgan fingerprint density at radius 1 is 1.29 bits per heavy atom. The molecule has 0 saturated carbocycles. The summed E-state index contributed by atoms with van der Waals surface area (Å²) in [5.74, 6) is -0.132. The summed E-state index contributed by atoms with van der Waals surface area (Å²) >= 11 is 5.85. The van der Waals surface area contributed by atoms with Crippen molar-refractivity contribution in [1.82, 2.24) is 4.98 Å². The quantitative estimate of drug-likeness (QED) is 0.778. The van der Waals surface area contributed by atoms with E-state index >= 15 is 0 Å². The molecule has 0 spiro atoms. The highest BCUT2D eigenvalue weighted by atomic mass is 35.5. The van der Waals surface area contributed by atoms with Crippen LogP contribution >= 0.6 is 11.6 Å². The number of halogens is 1. The SMILES string of the molecule is [2H]c1ncc(-c2cccc(Cl)c2)cc1O. The molecule has 1 N–H and O–H groups in total. The molecule has 0 bridgehead atoms. The highest BCUT2D eigenvalue weighted by Gasteiger charge is 1.99. The fourth-order valence-corrected chi connectivity index (χ4v) is 1.40. The first-order chi connectivity index (χ1) is 7.16. The molecule has 0 amide bonds. The zero-order valence-corrected chi connectivity index (χ0v) is 7.99. The Hall–Kier alpha value is -1.54. The van der Waals surface area contributed by atoms with Crippen molar-refractivity contribution >= 4 is 11.6 Å². The summed E-state index contributed by atoms with van der Waals surface area (Å²) in [5, 5.41) is 9.97. The predicted octanol–water partition coefficient (Wildman–Crippen LogP) is 3.11. The van der Waals surface area contributed by atoms with E-state index in [0.717, 1.165) is 11.1 Å². The van der Waals surface area contributed by atoms with Gasteiger partial charge in [0.2, 0.25) is 0 Å². The number of pyridine rings is 1. The van der Waals surface area contributed by atoms with Gasteiger partial charge in [0.15, 0.2) is 0 Å². The molecule has 0 saturated heterocycles. The highest BCUT2D eigenvalue weighted by Crippen LogP contribution is 2.24. The summed E-state index contributed by atoms with van der Waals surface area (Å²) in [4.78, 5) is 3.76. The molecule has 14 heavy (non-hydrogen) atoms. The van der Waals surface area contributed by atoms with Crippen LogP contribution in [0, 0.1) is 0 Å². The van der Waals surface area contributed by atoms with Gasteiger partial charge in [-0.25, -0.2) is 0 Å². The molecular formula is C11H8ClNO. The van der Waals surface area contributed by atoms with Crippen LogP contribution in [0.4, 0.5) is 0 Å². The van der Waals surface area contributed by atoms with Gasteiger partial charge < -0.3 is 5.11 Å². The van der Waals surface area contributed by atoms with Crippen LogP contribution in [0.5, 0.6) is 5.75 Å². The molecule has 1 aromatic carbocycles. The minimum Gasteiger partial charge on any atom is -0.506 e. The third kappa shape index (κ3) is 1.86. The molecule has 0 radical (unpaired) electrons. The summed E-state index contributed by atoms with van der Waals surface area (Å²) in [6.07, 6.45) is 1.41. The van der Waals surface area contributed by atoms with E-state index in [2.05, 4.69) is 4.98 Å². The van der Waals surface area contributed by atoms with Gasteiger partial charge in [-0.05, 0) is 23.8 Å². The predicted molar refractivity (Wildman–Crippen MR) is 56.3 cm³/mol. The van der Waals surface area contributed by atoms with Crippen molar-refractivity contribution < 1.29 is 6.48 Å². The molecule has 0 unspecified atom stereocenters. The van der Waals surface area contributed by atoms with Crippen LogP contribution in [0.2, 0.25) is 5.02 Å². The molecule has 70 valence electrons. The Bertz CT molecular complexity index is 502. The maximum absolute atomic E-state index is 9.35. The lowest BCUT2D eigenvalue weighted by Gasteiger charge is -2.01. The molecular weight excluding hydrogens is 198 g/mol. The Morgan fingerprint density at radius 3 is 2.86 bits per heavy atom. The van der Waals surface area contributed by atoms with Crippen LogP contribution in [0.15, 0.2) is 42.7 Å². The fraction of sp³-hybridized carbons (Fsp3) is 0. The lowest BCUT2D eigenvalue weighted by atomic mass is 10.1. The van der Waals surface area contributed by atoms with Gasteiger partial charge in [0.05, 0.1) is 7.54 Å². The van der Waals surface area contributed by atoms with Gasteiger partial charge in [0.1, 0.15) is 5.75 Å². The van der Waals surface area contributed by atoms with Gasteiger partial charge in [0, 0.05) is 16.8 Å². The van der Waals surface area contributed by atoms with E-state index in [4.69, 9.17) is 13.0 Å². The molecule has 2 rings (SSSR count). The smallest absolute Gasteiger partial charge is 0.134 e. The van der Waals surface area contributed by atoms with Crippen LogP contribution < -0.4 is 0 Å². The first-order valence-corrected chi connectivity index (χ1v) is 4.46. The second kappa shape index (κ2) is 3.68. The van der Waals surface area contributed by atoms with Crippen molar-refractivity contribution in [1.29, 1.82) is 0 Å². The van der Waals surface area contributed by atoms with Crippen LogP contribution in [0.1, 0.15) is 1.37 Å². The highest BCUT2D eigenvalue weighted by molar-refractivity contribution is 6.30.